The first-order valence-corrected chi connectivity index (χ1v) is 6.87. The highest BCUT2D eigenvalue weighted by molar-refractivity contribution is 9.10. The van der Waals surface area contributed by atoms with Gasteiger partial charge in [0.2, 0.25) is 5.82 Å². The van der Waals surface area contributed by atoms with Crippen LogP contribution in [-0.4, -0.2) is 9.91 Å². The second-order valence-corrected chi connectivity index (χ2v) is 5.42. The van der Waals surface area contributed by atoms with E-state index in [-0.39, 0.29) is 11.5 Å². The molecule has 4 N–H and O–H groups in total. The largest absolute Gasteiger partial charge is 0.334 e. The molecule has 0 aliphatic heterocycles. The van der Waals surface area contributed by atoms with Gasteiger partial charge in [0.15, 0.2) is 0 Å². The van der Waals surface area contributed by atoms with E-state index in [0.29, 0.717) is 5.82 Å². The van der Waals surface area contributed by atoms with Crippen molar-refractivity contribution in [3.63, 3.8) is 0 Å². The molecule has 1 aromatic carbocycles. The standard InChI is InChI=1S/C13H14BrN5O2/c1-7-5-9(14)6-8(2)12(7)17-13-10(19(20)21)3-4-11(16-13)18-15/h3-6H,15H2,1-2H3,(H2,16,17,18). The predicted octanol–water partition coefficient (Wildman–Crippen LogP) is 3.40. The molecular weight excluding hydrogens is 338 g/mol. The topological polar surface area (TPSA) is 106 Å². The van der Waals surface area contributed by atoms with Crippen LogP contribution in [0, 0.1) is 24.0 Å². The average molecular weight is 352 g/mol. The fourth-order valence-electron chi connectivity index (χ4n) is 2.00. The summed E-state index contributed by atoms with van der Waals surface area (Å²) in [6.07, 6.45) is 0. The van der Waals surface area contributed by atoms with Crippen molar-refractivity contribution in [3.8, 4) is 0 Å². The van der Waals surface area contributed by atoms with E-state index in [1.54, 1.807) is 0 Å². The zero-order chi connectivity index (χ0) is 15.6. The minimum atomic E-state index is -0.487. The Labute approximate surface area is 129 Å². The van der Waals surface area contributed by atoms with Gasteiger partial charge in [0.05, 0.1) is 4.92 Å². The van der Waals surface area contributed by atoms with E-state index in [9.17, 15) is 10.1 Å². The summed E-state index contributed by atoms with van der Waals surface area (Å²) in [4.78, 5) is 14.7. The number of hydrogen-bond acceptors (Lipinski definition) is 6. The highest BCUT2D eigenvalue weighted by Crippen LogP contribution is 2.31. The summed E-state index contributed by atoms with van der Waals surface area (Å²) in [7, 11) is 0. The first-order valence-electron chi connectivity index (χ1n) is 6.08. The molecule has 0 aliphatic rings. The lowest BCUT2D eigenvalue weighted by molar-refractivity contribution is -0.384. The number of hydrazine groups is 1. The van der Waals surface area contributed by atoms with Gasteiger partial charge in [-0.3, -0.25) is 10.1 Å². The molecular formula is C13H14BrN5O2. The van der Waals surface area contributed by atoms with E-state index < -0.39 is 4.92 Å². The van der Waals surface area contributed by atoms with Gasteiger partial charge >= 0.3 is 5.69 Å². The highest BCUT2D eigenvalue weighted by Gasteiger charge is 2.17. The first-order chi connectivity index (χ1) is 9.92. The van der Waals surface area contributed by atoms with E-state index in [2.05, 4.69) is 31.7 Å². The van der Waals surface area contributed by atoms with Crippen LogP contribution in [0.3, 0.4) is 0 Å². The molecule has 2 rings (SSSR count). The van der Waals surface area contributed by atoms with Crippen LogP contribution in [-0.2, 0) is 0 Å². The molecule has 0 radical (unpaired) electrons. The van der Waals surface area contributed by atoms with Gasteiger partial charge in [-0.25, -0.2) is 10.8 Å². The molecule has 0 bridgehead atoms. The fraction of sp³-hybridized carbons (Fsp3) is 0.154. The number of nitrogens with one attached hydrogen (secondary N) is 2. The van der Waals surface area contributed by atoms with Crippen molar-refractivity contribution in [2.45, 2.75) is 13.8 Å². The summed E-state index contributed by atoms with van der Waals surface area (Å²) in [5, 5.41) is 14.1. The quantitative estimate of drug-likeness (QED) is 0.442. The summed E-state index contributed by atoms with van der Waals surface area (Å²) < 4.78 is 0.947. The Morgan fingerprint density at radius 2 is 1.90 bits per heavy atom. The van der Waals surface area contributed by atoms with Crippen LogP contribution in [0.1, 0.15) is 11.1 Å². The number of hydrogen-bond donors (Lipinski definition) is 3. The number of halogens is 1. The van der Waals surface area contributed by atoms with Gasteiger partial charge in [0, 0.05) is 16.2 Å². The van der Waals surface area contributed by atoms with E-state index in [1.807, 2.05) is 26.0 Å². The van der Waals surface area contributed by atoms with Gasteiger partial charge in [0.25, 0.3) is 0 Å². The van der Waals surface area contributed by atoms with Gasteiger partial charge in [-0.1, -0.05) is 15.9 Å². The Morgan fingerprint density at radius 3 is 2.43 bits per heavy atom. The van der Waals surface area contributed by atoms with E-state index >= 15 is 0 Å². The van der Waals surface area contributed by atoms with E-state index in [1.165, 1.54) is 12.1 Å². The molecule has 2 aromatic rings. The van der Waals surface area contributed by atoms with Crippen molar-refractivity contribution < 1.29 is 4.92 Å². The molecule has 0 amide bonds. The zero-order valence-electron chi connectivity index (χ0n) is 11.5. The maximum absolute atomic E-state index is 11.1. The lowest BCUT2D eigenvalue weighted by Crippen LogP contribution is -2.10. The molecule has 0 saturated heterocycles. The molecule has 0 spiro atoms. The summed E-state index contributed by atoms with van der Waals surface area (Å²) in [5.74, 6) is 5.79. The number of nitrogen functional groups attached to an aromatic ring is 1. The number of rotatable bonds is 4. The zero-order valence-corrected chi connectivity index (χ0v) is 13.1. The third-order valence-electron chi connectivity index (χ3n) is 2.96. The van der Waals surface area contributed by atoms with Crippen molar-refractivity contribution in [2.75, 3.05) is 10.7 Å². The minimum Gasteiger partial charge on any atom is -0.334 e. The smallest absolute Gasteiger partial charge is 0.311 e. The first kappa shape index (κ1) is 15.2. The molecule has 0 saturated carbocycles. The number of nitrogens with zero attached hydrogens (tertiary/aromatic N) is 2. The molecule has 8 heteroatoms. The minimum absolute atomic E-state index is 0.115. The average Bonchev–Trinajstić information content (AvgIpc) is 2.42. The number of anilines is 3. The number of pyridine rings is 1. The van der Waals surface area contributed by atoms with Crippen LogP contribution in [0.15, 0.2) is 28.7 Å². The fourth-order valence-corrected chi connectivity index (χ4v) is 2.68. The molecule has 0 fully saturated rings. The number of nitro groups is 1. The van der Waals surface area contributed by atoms with Crippen molar-refractivity contribution in [3.05, 3.63) is 50.0 Å². The van der Waals surface area contributed by atoms with Crippen LogP contribution in [0.5, 0.6) is 0 Å². The van der Waals surface area contributed by atoms with Gasteiger partial charge < -0.3 is 10.7 Å². The third kappa shape index (κ3) is 3.29. The lowest BCUT2D eigenvalue weighted by Gasteiger charge is -2.13. The molecule has 0 atom stereocenters. The summed E-state index contributed by atoms with van der Waals surface area (Å²) in [6, 6.07) is 6.65. The maximum atomic E-state index is 11.1. The van der Waals surface area contributed by atoms with Crippen LogP contribution in [0.4, 0.5) is 23.0 Å². The predicted molar refractivity (Wildman–Crippen MR) is 85.6 cm³/mol. The van der Waals surface area contributed by atoms with Gasteiger partial charge in [-0.05, 0) is 43.2 Å². The van der Waals surface area contributed by atoms with Crippen LogP contribution in [0.2, 0.25) is 0 Å². The Morgan fingerprint density at radius 1 is 1.29 bits per heavy atom. The number of nitrogens with two attached hydrogens (primary N) is 1. The summed E-state index contributed by atoms with van der Waals surface area (Å²) in [5.41, 5.74) is 4.94. The Kier molecular flexibility index (Phi) is 4.39. The molecule has 0 aliphatic carbocycles. The van der Waals surface area contributed by atoms with Gasteiger partial charge in [-0.2, -0.15) is 0 Å². The Balaban J connectivity index is 2.50. The molecule has 7 nitrogen and oxygen atoms in total. The lowest BCUT2D eigenvalue weighted by atomic mass is 10.1. The monoisotopic (exact) mass is 351 g/mol. The molecule has 110 valence electrons. The Hall–Kier alpha value is -2.19. The molecule has 0 unspecified atom stereocenters. The third-order valence-corrected chi connectivity index (χ3v) is 3.42. The van der Waals surface area contributed by atoms with Crippen molar-refractivity contribution in [2.24, 2.45) is 5.84 Å². The highest BCUT2D eigenvalue weighted by atomic mass is 79.9. The number of benzene rings is 1. The molecule has 21 heavy (non-hydrogen) atoms. The van der Waals surface area contributed by atoms with Crippen LogP contribution >= 0.6 is 15.9 Å². The van der Waals surface area contributed by atoms with Gasteiger partial charge in [-0.15, -0.1) is 0 Å². The van der Waals surface area contributed by atoms with Crippen molar-refractivity contribution in [1.29, 1.82) is 0 Å². The second kappa shape index (κ2) is 6.06. The number of aryl methyl sites for hydroxylation is 2. The normalized spacial score (nSPS) is 10.3. The molecule has 1 heterocycles. The summed E-state index contributed by atoms with van der Waals surface area (Å²) in [6.45, 7) is 3.83. The van der Waals surface area contributed by atoms with Crippen LogP contribution in [0.25, 0.3) is 0 Å². The summed E-state index contributed by atoms with van der Waals surface area (Å²) >= 11 is 3.41. The maximum Gasteiger partial charge on any atom is 0.311 e. The SMILES string of the molecule is Cc1cc(Br)cc(C)c1Nc1nc(NN)ccc1[N+](=O)[O-]. The van der Waals surface area contributed by atoms with E-state index in [0.717, 1.165) is 21.3 Å². The second-order valence-electron chi connectivity index (χ2n) is 4.51. The Bertz CT molecular complexity index is 682. The van der Waals surface area contributed by atoms with Crippen LogP contribution < -0.4 is 16.6 Å². The molecule has 1 aromatic heterocycles. The number of aromatic nitrogens is 1. The van der Waals surface area contributed by atoms with Gasteiger partial charge in [0.1, 0.15) is 5.82 Å². The van der Waals surface area contributed by atoms with Crippen molar-refractivity contribution >= 4 is 38.9 Å². The van der Waals surface area contributed by atoms with Crippen molar-refractivity contribution in [1.82, 2.24) is 4.98 Å². The van der Waals surface area contributed by atoms with E-state index in [4.69, 9.17) is 5.84 Å².